The number of hydrogen-bond acceptors (Lipinski definition) is 5. The molecule has 0 aliphatic carbocycles. The van der Waals surface area contributed by atoms with Crippen LogP contribution in [-0.2, 0) is 17.9 Å². The Kier molecular flexibility index (Phi) is 5.03. The van der Waals surface area contributed by atoms with Crippen LogP contribution in [0.4, 0.5) is 5.69 Å². The third kappa shape index (κ3) is 3.75. The topological polar surface area (TPSA) is 85.4 Å². The Balaban J connectivity index is 2.04. The zero-order valence-electron chi connectivity index (χ0n) is 11.5. The number of para-hydroxylation sites is 1. The highest BCUT2D eigenvalue weighted by molar-refractivity contribution is 7.05. The molecule has 1 heterocycles. The van der Waals surface area contributed by atoms with Crippen molar-refractivity contribution in [1.82, 2.24) is 9.59 Å². The van der Waals surface area contributed by atoms with Crippen LogP contribution in [0.2, 0.25) is 0 Å². The van der Waals surface area contributed by atoms with Gasteiger partial charge in [0.2, 0.25) is 0 Å². The number of rotatable bonds is 5. The van der Waals surface area contributed by atoms with Crippen molar-refractivity contribution in [3.05, 3.63) is 40.4 Å². The van der Waals surface area contributed by atoms with Crippen LogP contribution in [0.15, 0.2) is 29.3 Å². The summed E-state index contributed by atoms with van der Waals surface area (Å²) in [6.07, 6.45) is 0. The second kappa shape index (κ2) is 6.97. The van der Waals surface area contributed by atoms with Gasteiger partial charge in [-0.3, -0.25) is 0 Å². The van der Waals surface area contributed by atoms with Crippen LogP contribution < -0.4 is 11.1 Å². The van der Waals surface area contributed by atoms with Crippen LogP contribution in [0.25, 0.3) is 0 Å². The van der Waals surface area contributed by atoms with E-state index in [1.807, 2.05) is 31.2 Å². The number of aryl methyl sites for hydroxylation is 1. The van der Waals surface area contributed by atoms with Gasteiger partial charge in [-0.15, -0.1) is 5.10 Å². The van der Waals surface area contributed by atoms with Gasteiger partial charge in [-0.1, -0.05) is 22.7 Å². The molecule has 1 aromatic carbocycles. The molecule has 0 bridgehead atoms. The molecule has 0 aliphatic rings. The SMILES string of the molecule is COCc1ccccc1NC(N)=NCc1snnc1C. The molecular formula is C13H17N5OS. The van der Waals surface area contributed by atoms with Gasteiger partial charge in [0.25, 0.3) is 0 Å². The minimum atomic E-state index is 0.362. The van der Waals surface area contributed by atoms with E-state index in [0.29, 0.717) is 19.1 Å². The van der Waals surface area contributed by atoms with Crippen molar-refractivity contribution in [3.8, 4) is 0 Å². The largest absolute Gasteiger partial charge is 0.380 e. The molecule has 0 saturated heterocycles. The van der Waals surface area contributed by atoms with Gasteiger partial charge < -0.3 is 15.8 Å². The smallest absolute Gasteiger partial charge is 0.193 e. The van der Waals surface area contributed by atoms with Gasteiger partial charge in [0.05, 0.1) is 23.7 Å². The molecule has 20 heavy (non-hydrogen) atoms. The summed E-state index contributed by atoms with van der Waals surface area (Å²) in [6, 6.07) is 7.82. The molecule has 3 N–H and O–H groups in total. The predicted octanol–water partition coefficient (Wildman–Crippen LogP) is 1.92. The molecule has 0 unspecified atom stereocenters. The third-order valence-electron chi connectivity index (χ3n) is 2.72. The Morgan fingerprint density at radius 2 is 2.25 bits per heavy atom. The Morgan fingerprint density at radius 1 is 1.45 bits per heavy atom. The molecule has 7 heteroatoms. The van der Waals surface area contributed by atoms with E-state index in [-0.39, 0.29) is 0 Å². The van der Waals surface area contributed by atoms with Crippen molar-refractivity contribution in [2.75, 3.05) is 12.4 Å². The Morgan fingerprint density at radius 3 is 2.95 bits per heavy atom. The fraction of sp³-hybridized carbons (Fsp3) is 0.308. The van der Waals surface area contributed by atoms with E-state index in [0.717, 1.165) is 21.8 Å². The van der Waals surface area contributed by atoms with Crippen LogP contribution in [0.3, 0.4) is 0 Å². The lowest BCUT2D eigenvalue weighted by atomic mass is 10.2. The summed E-state index contributed by atoms with van der Waals surface area (Å²) in [7, 11) is 1.66. The van der Waals surface area contributed by atoms with E-state index < -0.39 is 0 Å². The molecule has 0 amide bonds. The predicted molar refractivity (Wildman–Crippen MR) is 80.8 cm³/mol. The van der Waals surface area contributed by atoms with Crippen molar-refractivity contribution < 1.29 is 4.74 Å². The molecule has 0 fully saturated rings. The van der Waals surface area contributed by atoms with E-state index in [1.165, 1.54) is 11.5 Å². The number of nitrogens with zero attached hydrogens (tertiary/aromatic N) is 3. The maximum absolute atomic E-state index is 5.90. The van der Waals surface area contributed by atoms with Gasteiger partial charge in [-0.05, 0) is 24.5 Å². The first-order valence-corrected chi connectivity index (χ1v) is 6.89. The fourth-order valence-electron chi connectivity index (χ4n) is 1.65. The van der Waals surface area contributed by atoms with Gasteiger partial charge >= 0.3 is 0 Å². The zero-order valence-corrected chi connectivity index (χ0v) is 12.3. The summed E-state index contributed by atoms with van der Waals surface area (Å²) in [5.74, 6) is 0.362. The van der Waals surface area contributed by atoms with Crippen LogP contribution in [-0.4, -0.2) is 22.7 Å². The van der Waals surface area contributed by atoms with E-state index in [2.05, 4.69) is 19.9 Å². The molecule has 0 radical (unpaired) electrons. The molecule has 0 aliphatic heterocycles. The zero-order chi connectivity index (χ0) is 14.4. The second-order valence-electron chi connectivity index (χ2n) is 4.20. The molecule has 1 aromatic heterocycles. The monoisotopic (exact) mass is 291 g/mol. The second-order valence-corrected chi connectivity index (χ2v) is 5.04. The van der Waals surface area contributed by atoms with Gasteiger partial charge in [-0.25, -0.2) is 4.99 Å². The van der Waals surface area contributed by atoms with E-state index >= 15 is 0 Å². The number of anilines is 1. The molecule has 0 saturated carbocycles. The average Bonchev–Trinajstić information content (AvgIpc) is 2.84. The maximum atomic E-state index is 5.90. The van der Waals surface area contributed by atoms with Gasteiger partial charge in [-0.2, -0.15) is 0 Å². The van der Waals surface area contributed by atoms with Crippen molar-refractivity contribution in [1.29, 1.82) is 0 Å². The Labute approximate surface area is 121 Å². The summed E-state index contributed by atoms with van der Waals surface area (Å²) in [6.45, 7) is 2.91. The quantitative estimate of drug-likeness (QED) is 0.649. The lowest BCUT2D eigenvalue weighted by Crippen LogP contribution is -2.23. The first-order chi connectivity index (χ1) is 9.70. The fourth-order valence-corrected chi connectivity index (χ4v) is 2.21. The number of benzene rings is 1. The Hall–Kier alpha value is -1.99. The molecular weight excluding hydrogens is 274 g/mol. The number of ether oxygens (including phenoxy) is 1. The minimum absolute atomic E-state index is 0.362. The van der Waals surface area contributed by atoms with Gasteiger partial charge in [0, 0.05) is 18.4 Å². The number of aliphatic imine (C=N–C) groups is 1. The molecule has 2 aromatic rings. The van der Waals surface area contributed by atoms with E-state index in [1.54, 1.807) is 7.11 Å². The Bertz CT molecular complexity index is 596. The maximum Gasteiger partial charge on any atom is 0.193 e. The number of nitrogens with one attached hydrogen (secondary N) is 1. The van der Waals surface area contributed by atoms with Crippen LogP contribution >= 0.6 is 11.5 Å². The summed E-state index contributed by atoms with van der Waals surface area (Å²) < 4.78 is 9.02. The summed E-state index contributed by atoms with van der Waals surface area (Å²) in [4.78, 5) is 5.31. The minimum Gasteiger partial charge on any atom is -0.380 e. The molecule has 6 nitrogen and oxygen atoms in total. The molecule has 2 rings (SSSR count). The number of guanidine groups is 1. The van der Waals surface area contributed by atoms with E-state index in [4.69, 9.17) is 10.5 Å². The third-order valence-corrected chi connectivity index (χ3v) is 3.53. The lowest BCUT2D eigenvalue weighted by Gasteiger charge is -2.10. The number of hydrogen-bond donors (Lipinski definition) is 2. The molecule has 0 spiro atoms. The van der Waals surface area contributed by atoms with E-state index in [9.17, 15) is 0 Å². The lowest BCUT2D eigenvalue weighted by molar-refractivity contribution is 0.185. The summed E-state index contributed by atoms with van der Waals surface area (Å²) in [5.41, 5.74) is 8.72. The highest BCUT2D eigenvalue weighted by Gasteiger charge is 2.04. The number of aromatic nitrogens is 2. The summed E-state index contributed by atoms with van der Waals surface area (Å²) >= 11 is 1.34. The first-order valence-electron chi connectivity index (χ1n) is 6.12. The number of nitrogens with two attached hydrogens (primary N) is 1. The number of methoxy groups -OCH3 is 1. The van der Waals surface area contributed by atoms with Crippen molar-refractivity contribution in [2.24, 2.45) is 10.7 Å². The van der Waals surface area contributed by atoms with Gasteiger partial charge in [0.1, 0.15) is 0 Å². The van der Waals surface area contributed by atoms with Crippen LogP contribution in [0.1, 0.15) is 16.1 Å². The van der Waals surface area contributed by atoms with Crippen LogP contribution in [0, 0.1) is 6.92 Å². The highest BCUT2D eigenvalue weighted by atomic mass is 32.1. The normalized spacial score (nSPS) is 11.6. The standard InChI is InChI=1S/C13H17N5OS/c1-9-12(20-18-17-9)7-15-13(14)16-11-6-4-3-5-10(11)8-19-2/h3-6H,7-8H2,1-2H3,(H3,14,15,16). The van der Waals surface area contributed by atoms with Crippen molar-refractivity contribution in [2.45, 2.75) is 20.1 Å². The van der Waals surface area contributed by atoms with Gasteiger partial charge in [0.15, 0.2) is 5.96 Å². The highest BCUT2D eigenvalue weighted by Crippen LogP contribution is 2.16. The summed E-state index contributed by atoms with van der Waals surface area (Å²) in [5, 5.41) is 7.03. The van der Waals surface area contributed by atoms with Crippen molar-refractivity contribution in [3.63, 3.8) is 0 Å². The average molecular weight is 291 g/mol. The van der Waals surface area contributed by atoms with Crippen LogP contribution in [0.5, 0.6) is 0 Å². The molecule has 0 atom stereocenters. The first kappa shape index (κ1) is 14.4. The molecule has 106 valence electrons. The van der Waals surface area contributed by atoms with Crippen molar-refractivity contribution >= 4 is 23.2 Å².